The Morgan fingerprint density at radius 1 is 0.697 bits per heavy atom. The van der Waals surface area contributed by atoms with E-state index in [2.05, 4.69) is 0 Å². The van der Waals surface area contributed by atoms with Crippen LogP contribution in [0.1, 0.15) is 15.9 Å². The molecule has 0 aliphatic carbocycles. The number of hydrogen-bond acceptors (Lipinski definition) is 3. The molecule has 33 heavy (non-hydrogen) atoms. The Bertz CT molecular complexity index is 1230. The topological polar surface area (TPSA) is 46.6 Å². The normalized spacial score (nSPS) is 10.7. The van der Waals surface area contributed by atoms with E-state index in [4.69, 9.17) is 16.3 Å². The van der Waals surface area contributed by atoms with Crippen molar-refractivity contribution in [3.8, 4) is 5.75 Å². The van der Waals surface area contributed by atoms with Crippen molar-refractivity contribution in [2.75, 3.05) is 4.90 Å². The molecule has 0 heterocycles. The first-order chi connectivity index (χ1) is 16.1. The Hall–Kier alpha value is -4.15. The molecule has 0 aliphatic rings. The van der Waals surface area contributed by atoms with Crippen molar-refractivity contribution in [1.82, 2.24) is 0 Å². The standard InChI is InChI=1S/C28H20ClNO3/c29-23-18-15-21(16-19-23)26(31)20-17-22-9-7-8-14-27(22)33-28(32)30(24-10-3-1-4-11-24)25-12-5-2-6-13-25/h1-20H/b20-17+. The van der Waals surface area contributed by atoms with Crippen LogP contribution in [0.25, 0.3) is 6.08 Å². The molecule has 0 bridgehead atoms. The summed E-state index contributed by atoms with van der Waals surface area (Å²) >= 11 is 5.89. The summed E-state index contributed by atoms with van der Waals surface area (Å²) in [5.41, 5.74) is 2.48. The lowest BCUT2D eigenvalue weighted by molar-refractivity contribution is 0.104. The van der Waals surface area contributed by atoms with Crippen LogP contribution in [0.2, 0.25) is 5.02 Å². The number of ketones is 1. The molecule has 162 valence electrons. The number of carbonyl (C=O) groups is 2. The predicted molar refractivity (Wildman–Crippen MR) is 132 cm³/mol. The van der Waals surface area contributed by atoms with Gasteiger partial charge in [-0.05, 0) is 66.7 Å². The van der Waals surface area contributed by atoms with Crippen LogP contribution in [-0.4, -0.2) is 11.9 Å². The van der Waals surface area contributed by atoms with Crippen molar-refractivity contribution >= 4 is 40.9 Å². The summed E-state index contributed by atoms with van der Waals surface area (Å²) < 4.78 is 5.78. The van der Waals surface area contributed by atoms with Crippen LogP contribution in [0.4, 0.5) is 16.2 Å². The maximum atomic E-state index is 13.3. The third-order valence-electron chi connectivity index (χ3n) is 4.87. The summed E-state index contributed by atoms with van der Waals surface area (Å²) in [6, 6.07) is 32.3. The molecule has 0 unspecified atom stereocenters. The van der Waals surface area contributed by atoms with Crippen molar-refractivity contribution in [2.24, 2.45) is 0 Å². The Morgan fingerprint density at radius 3 is 1.85 bits per heavy atom. The van der Waals surface area contributed by atoms with Gasteiger partial charge in [-0.3, -0.25) is 4.79 Å². The first kappa shape index (κ1) is 22.1. The van der Waals surface area contributed by atoms with Gasteiger partial charge in [-0.1, -0.05) is 66.2 Å². The molecule has 0 aromatic heterocycles. The van der Waals surface area contributed by atoms with E-state index < -0.39 is 6.09 Å². The second kappa shape index (κ2) is 10.4. The Balaban J connectivity index is 1.59. The molecule has 0 radical (unpaired) electrons. The Morgan fingerprint density at radius 2 is 1.24 bits per heavy atom. The molecule has 4 aromatic carbocycles. The number of allylic oxidation sites excluding steroid dienone is 1. The van der Waals surface area contributed by atoms with Crippen LogP contribution in [0.15, 0.2) is 115 Å². The van der Waals surface area contributed by atoms with E-state index in [0.717, 1.165) is 0 Å². The molecule has 0 fully saturated rings. The highest BCUT2D eigenvalue weighted by Gasteiger charge is 2.20. The lowest BCUT2D eigenvalue weighted by Crippen LogP contribution is -2.29. The zero-order valence-corrected chi connectivity index (χ0v) is 18.4. The van der Waals surface area contributed by atoms with Crippen LogP contribution in [0, 0.1) is 0 Å². The molecule has 4 rings (SSSR count). The van der Waals surface area contributed by atoms with E-state index in [1.165, 1.54) is 11.0 Å². The number of ether oxygens (including phenoxy) is 1. The minimum atomic E-state index is -0.558. The van der Waals surface area contributed by atoms with Gasteiger partial charge in [-0.15, -0.1) is 0 Å². The molecule has 0 saturated carbocycles. The molecular weight excluding hydrogens is 434 g/mol. The van der Waals surface area contributed by atoms with Gasteiger partial charge in [0.25, 0.3) is 0 Å². The lowest BCUT2D eigenvalue weighted by atomic mass is 10.1. The van der Waals surface area contributed by atoms with E-state index in [-0.39, 0.29) is 5.78 Å². The molecule has 0 N–H and O–H groups in total. The van der Waals surface area contributed by atoms with Gasteiger partial charge in [0.05, 0.1) is 11.4 Å². The number of benzene rings is 4. The number of amides is 1. The largest absolute Gasteiger partial charge is 0.424 e. The van der Waals surface area contributed by atoms with Crippen LogP contribution in [0.5, 0.6) is 5.75 Å². The van der Waals surface area contributed by atoms with Crippen LogP contribution in [-0.2, 0) is 0 Å². The summed E-state index contributed by atoms with van der Waals surface area (Å²) in [4.78, 5) is 27.3. The maximum absolute atomic E-state index is 13.3. The summed E-state index contributed by atoms with van der Waals surface area (Å²) in [5.74, 6) is 0.169. The highest BCUT2D eigenvalue weighted by atomic mass is 35.5. The fraction of sp³-hybridized carbons (Fsp3) is 0. The smallest absolute Gasteiger partial charge is 0.409 e. The van der Waals surface area contributed by atoms with E-state index >= 15 is 0 Å². The van der Waals surface area contributed by atoms with Crippen LogP contribution >= 0.6 is 11.6 Å². The monoisotopic (exact) mass is 453 g/mol. The van der Waals surface area contributed by atoms with Gasteiger partial charge in [0, 0.05) is 16.1 Å². The Labute approximate surface area is 197 Å². The van der Waals surface area contributed by atoms with Gasteiger partial charge in [0.15, 0.2) is 5.78 Å². The van der Waals surface area contributed by atoms with Gasteiger partial charge in [0.1, 0.15) is 5.75 Å². The third-order valence-corrected chi connectivity index (χ3v) is 5.12. The molecule has 5 heteroatoms. The molecule has 0 saturated heterocycles. The van der Waals surface area contributed by atoms with Crippen LogP contribution in [0.3, 0.4) is 0 Å². The lowest BCUT2D eigenvalue weighted by Gasteiger charge is -2.22. The fourth-order valence-electron chi connectivity index (χ4n) is 3.24. The van der Waals surface area contributed by atoms with Crippen LogP contribution < -0.4 is 9.64 Å². The SMILES string of the molecule is O=C(/C=C/c1ccccc1OC(=O)N(c1ccccc1)c1ccccc1)c1ccc(Cl)cc1. The van der Waals surface area contributed by atoms with Gasteiger partial charge in [0.2, 0.25) is 0 Å². The summed E-state index contributed by atoms with van der Waals surface area (Å²) in [6.07, 6.45) is 2.52. The minimum absolute atomic E-state index is 0.178. The van der Waals surface area contributed by atoms with E-state index in [9.17, 15) is 9.59 Å². The third kappa shape index (κ3) is 5.56. The number of para-hydroxylation sites is 3. The number of anilines is 2. The second-order valence-electron chi connectivity index (χ2n) is 7.12. The van der Waals surface area contributed by atoms with E-state index in [1.807, 2.05) is 66.7 Å². The molecule has 4 nitrogen and oxygen atoms in total. The average Bonchev–Trinajstić information content (AvgIpc) is 2.85. The molecule has 0 aliphatic heterocycles. The first-order valence-electron chi connectivity index (χ1n) is 10.3. The van der Waals surface area contributed by atoms with Crippen molar-refractivity contribution in [1.29, 1.82) is 0 Å². The zero-order chi connectivity index (χ0) is 23.0. The van der Waals surface area contributed by atoms with Crippen molar-refractivity contribution < 1.29 is 14.3 Å². The summed E-state index contributed by atoms with van der Waals surface area (Å²) in [6.45, 7) is 0. The van der Waals surface area contributed by atoms with E-state index in [0.29, 0.717) is 33.3 Å². The number of nitrogens with zero attached hydrogens (tertiary/aromatic N) is 1. The van der Waals surface area contributed by atoms with Gasteiger partial charge in [-0.25, -0.2) is 9.69 Å². The number of hydrogen-bond donors (Lipinski definition) is 0. The highest BCUT2D eigenvalue weighted by molar-refractivity contribution is 6.30. The quantitative estimate of drug-likeness (QED) is 0.223. The van der Waals surface area contributed by atoms with Crippen molar-refractivity contribution in [2.45, 2.75) is 0 Å². The minimum Gasteiger partial charge on any atom is -0.409 e. The summed E-state index contributed by atoms with van der Waals surface area (Å²) in [7, 11) is 0. The summed E-state index contributed by atoms with van der Waals surface area (Å²) in [5, 5.41) is 0.564. The molecule has 0 spiro atoms. The molecule has 1 amide bonds. The second-order valence-corrected chi connectivity index (χ2v) is 7.55. The maximum Gasteiger partial charge on any atom is 0.424 e. The van der Waals surface area contributed by atoms with Gasteiger partial charge < -0.3 is 4.74 Å². The highest BCUT2D eigenvalue weighted by Crippen LogP contribution is 2.28. The fourth-order valence-corrected chi connectivity index (χ4v) is 3.37. The van der Waals surface area contributed by atoms with Gasteiger partial charge >= 0.3 is 6.09 Å². The number of carbonyl (C=O) groups excluding carboxylic acids is 2. The average molecular weight is 454 g/mol. The predicted octanol–water partition coefficient (Wildman–Crippen LogP) is 7.57. The van der Waals surface area contributed by atoms with Crippen molar-refractivity contribution in [3.05, 3.63) is 131 Å². The van der Waals surface area contributed by atoms with Gasteiger partial charge in [-0.2, -0.15) is 0 Å². The first-order valence-corrected chi connectivity index (χ1v) is 10.7. The molecular formula is C28H20ClNO3. The number of halogens is 1. The molecule has 0 atom stereocenters. The van der Waals surface area contributed by atoms with Crippen molar-refractivity contribution in [3.63, 3.8) is 0 Å². The van der Waals surface area contributed by atoms with E-state index in [1.54, 1.807) is 48.5 Å². The Kier molecular flexibility index (Phi) is 6.98. The zero-order valence-electron chi connectivity index (χ0n) is 17.6. The number of rotatable bonds is 6. The molecule has 4 aromatic rings.